The van der Waals surface area contributed by atoms with E-state index in [0.29, 0.717) is 17.9 Å². The molecule has 0 spiro atoms. The highest BCUT2D eigenvalue weighted by molar-refractivity contribution is 7.99. The number of rotatable bonds is 4. The fourth-order valence-corrected chi connectivity index (χ4v) is 3.86. The molecule has 1 aliphatic heterocycles. The molecular weight excluding hydrogens is 234 g/mol. The molecule has 2 heterocycles. The number of thioether (sulfide) groups is 1. The van der Waals surface area contributed by atoms with Crippen molar-refractivity contribution in [3.8, 4) is 0 Å². The van der Waals surface area contributed by atoms with E-state index < -0.39 is 0 Å². The molecule has 2 fully saturated rings. The molecule has 1 saturated heterocycles. The predicted molar refractivity (Wildman–Crippen MR) is 68.4 cm³/mol. The number of aromatic nitrogens is 2. The summed E-state index contributed by atoms with van der Waals surface area (Å²) in [5.41, 5.74) is 0. The van der Waals surface area contributed by atoms with Gasteiger partial charge >= 0.3 is 0 Å². The third-order valence-corrected chi connectivity index (χ3v) is 4.98. The second-order valence-electron chi connectivity index (χ2n) is 4.93. The van der Waals surface area contributed by atoms with Crippen molar-refractivity contribution < 1.29 is 4.52 Å². The van der Waals surface area contributed by atoms with E-state index in [1.807, 2.05) is 11.8 Å². The lowest BCUT2D eigenvalue weighted by Crippen LogP contribution is -2.34. The Morgan fingerprint density at radius 2 is 2.29 bits per heavy atom. The Hall–Kier alpha value is -0.550. The second-order valence-corrected chi connectivity index (χ2v) is 6.00. The monoisotopic (exact) mass is 253 g/mol. The van der Waals surface area contributed by atoms with Crippen LogP contribution in [-0.2, 0) is 0 Å². The lowest BCUT2D eigenvalue weighted by atomic mass is 9.85. The lowest BCUT2D eigenvalue weighted by Gasteiger charge is -2.21. The summed E-state index contributed by atoms with van der Waals surface area (Å²) in [6.07, 6.45) is 3.78. The minimum Gasteiger partial charge on any atom is -0.339 e. The maximum atomic E-state index is 5.47. The smallest absolute Gasteiger partial charge is 0.232 e. The Bertz CT molecular complexity index is 378. The van der Waals surface area contributed by atoms with Crippen LogP contribution in [0.15, 0.2) is 4.52 Å². The molecule has 5 heteroatoms. The molecule has 1 N–H and O–H groups in total. The molecule has 1 aromatic rings. The molecule has 1 aliphatic carbocycles. The van der Waals surface area contributed by atoms with Gasteiger partial charge in [0.1, 0.15) is 0 Å². The highest BCUT2D eigenvalue weighted by atomic mass is 32.2. The van der Waals surface area contributed by atoms with E-state index in [4.69, 9.17) is 4.52 Å². The van der Waals surface area contributed by atoms with Crippen LogP contribution in [0.2, 0.25) is 0 Å². The van der Waals surface area contributed by atoms with E-state index in [1.54, 1.807) is 0 Å². The van der Waals surface area contributed by atoms with Gasteiger partial charge in [-0.25, -0.2) is 0 Å². The molecule has 1 aromatic heterocycles. The van der Waals surface area contributed by atoms with Crippen LogP contribution in [0.3, 0.4) is 0 Å². The van der Waals surface area contributed by atoms with Gasteiger partial charge in [0.25, 0.3) is 0 Å². The van der Waals surface area contributed by atoms with Gasteiger partial charge in [-0.2, -0.15) is 16.7 Å². The summed E-state index contributed by atoms with van der Waals surface area (Å²) in [6.45, 7) is 3.15. The van der Waals surface area contributed by atoms with Crippen LogP contribution in [0, 0.1) is 0 Å². The Balaban J connectivity index is 1.71. The van der Waals surface area contributed by atoms with E-state index >= 15 is 0 Å². The molecule has 1 saturated carbocycles. The number of hydrogen-bond acceptors (Lipinski definition) is 5. The van der Waals surface area contributed by atoms with Crippen LogP contribution in [-0.4, -0.2) is 34.2 Å². The molecule has 2 unspecified atom stereocenters. The van der Waals surface area contributed by atoms with Gasteiger partial charge in [-0.15, -0.1) is 0 Å². The Morgan fingerprint density at radius 3 is 3.00 bits per heavy atom. The fourth-order valence-electron chi connectivity index (χ4n) is 2.49. The summed E-state index contributed by atoms with van der Waals surface area (Å²) >= 11 is 1.97. The first-order valence-electron chi connectivity index (χ1n) is 6.53. The lowest BCUT2D eigenvalue weighted by molar-refractivity contribution is 0.326. The molecule has 0 radical (unpaired) electrons. The summed E-state index contributed by atoms with van der Waals surface area (Å²) in [5.74, 6) is 5.02. The normalized spacial score (nSPS) is 29.5. The Labute approximate surface area is 106 Å². The third-order valence-electron chi connectivity index (χ3n) is 3.79. The van der Waals surface area contributed by atoms with Crippen molar-refractivity contribution in [2.75, 3.05) is 18.1 Å². The topological polar surface area (TPSA) is 51.0 Å². The molecule has 2 atom stereocenters. The van der Waals surface area contributed by atoms with Gasteiger partial charge in [0.2, 0.25) is 5.89 Å². The summed E-state index contributed by atoms with van der Waals surface area (Å²) in [7, 11) is 0. The molecule has 17 heavy (non-hydrogen) atoms. The second kappa shape index (κ2) is 4.98. The van der Waals surface area contributed by atoms with Gasteiger partial charge in [-0.3, -0.25) is 0 Å². The SMILES string of the molecule is CCNC1CSCC1c1nc(C2CCC2)no1. The Morgan fingerprint density at radius 1 is 1.41 bits per heavy atom. The predicted octanol–water partition coefficient (Wildman–Crippen LogP) is 2.15. The molecule has 0 aromatic carbocycles. The van der Waals surface area contributed by atoms with E-state index in [0.717, 1.165) is 29.8 Å². The molecule has 0 bridgehead atoms. The highest BCUT2D eigenvalue weighted by Gasteiger charge is 2.34. The number of nitrogens with zero attached hydrogens (tertiary/aromatic N) is 2. The van der Waals surface area contributed by atoms with Gasteiger partial charge in [0, 0.05) is 23.5 Å². The molecule has 4 nitrogen and oxygen atoms in total. The van der Waals surface area contributed by atoms with Gasteiger partial charge in [0.05, 0.1) is 5.92 Å². The summed E-state index contributed by atoms with van der Waals surface area (Å²) < 4.78 is 5.47. The molecular formula is C12H19N3OS. The number of nitrogens with one attached hydrogen (secondary N) is 1. The van der Waals surface area contributed by atoms with E-state index in [1.165, 1.54) is 19.3 Å². The quantitative estimate of drug-likeness (QED) is 0.891. The zero-order chi connectivity index (χ0) is 11.7. The van der Waals surface area contributed by atoms with Crippen LogP contribution in [0.5, 0.6) is 0 Å². The van der Waals surface area contributed by atoms with Crippen LogP contribution in [0.4, 0.5) is 0 Å². The molecule has 2 aliphatic rings. The minimum atomic E-state index is 0.404. The summed E-state index contributed by atoms with van der Waals surface area (Å²) in [6, 6.07) is 0.500. The first-order chi connectivity index (χ1) is 8.38. The van der Waals surface area contributed by atoms with Gasteiger partial charge in [-0.1, -0.05) is 18.5 Å². The first kappa shape index (κ1) is 11.5. The van der Waals surface area contributed by atoms with Gasteiger partial charge in [0.15, 0.2) is 5.82 Å². The van der Waals surface area contributed by atoms with Crippen LogP contribution >= 0.6 is 11.8 Å². The van der Waals surface area contributed by atoms with Crippen molar-refractivity contribution in [1.29, 1.82) is 0 Å². The van der Waals surface area contributed by atoms with Crippen LogP contribution < -0.4 is 5.32 Å². The third kappa shape index (κ3) is 2.22. The van der Waals surface area contributed by atoms with Crippen molar-refractivity contribution in [3.63, 3.8) is 0 Å². The summed E-state index contributed by atoms with van der Waals surface area (Å²) in [4.78, 5) is 4.62. The van der Waals surface area contributed by atoms with E-state index in [-0.39, 0.29) is 0 Å². The van der Waals surface area contributed by atoms with Crippen LogP contribution in [0.1, 0.15) is 49.7 Å². The zero-order valence-corrected chi connectivity index (χ0v) is 11.0. The van der Waals surface area contributed by atoms with Crippen molar-refractivity contribution in [2.24, 2.45) is 0 Å². The standard InChI is InChI=1S/C12H19N3OS/c1-2-13-10-7-17-6-9(10)12-14-11(15-16-12)8-4-3-5-8/h8-10,13H,2-7H2,1H3. The average Bonchev–Trinajstić information content (AvgIpc) is 2.84. The largest absolute Gasteiger partial charge is 0.339 e. The van der Waals surface area contributed by atoms with Gasteiger partial charge < -0.3 is 9.84 Å². The van der Waals surface area contributed by atoms with Crippen molar-refractivity contribution in [1.82, 2.24) is 15.5 Å². The molecule has 3 rings (SSSR count). The fraction of sp³-hybridized carbons (Fsp3) is 0.833. The number of hydrogen-bond donors (Lipinski definition) is 1. The minimum absolute atomic E-state index is 0.404. The summed E-state index contributed by atoms with van der Waals surface area (Å²) in [5, 5.41) is 7.67. The van der Waals surface area contributed by atoms with E-state index in [2.05, 4.69) is 22.4 Å². The number of likely N-dealkylation sites (N-methyl/N-ethyl adjacent to an activating group) is 1. The van der Waals surface area contributed by atoms with Crippen molar-refractivity contribution >= 4 is 11.8 Å². The zero-order valence-electron chi connectivity index (χ0n) is 10.2. The molecule has 0 amide bonds. The highest BCUT2D eigenvalue weighted by Crippen LogP contribution is 2.37. The van der Waals surface area contributed by atoms with E-state index in [9.17, 15) is 0 Å². The molecule has 94 valence electrons. The maximum Gasteiger partial charge on any atom is 0.232 e. The van der Waals surface area contributed by atoms with Gasteiger partial charge in [-0.05, 0) is 19.4 Å². The maximum absolute atomic E-state index is 5.47. The van der Waals surface area contributed by atoms with Crippen molar-refractivity contribution in [2.45, 2.75) is 44.1 Å². The van der Waals surface area contributed by atoms with Crippen LogP contribution in [0.25, 0.3) is 0 Å². The first-order valence-corrected chi connectivity index (χ1v) is 7.68. The van der Waals surface area contributed by atoms with Crippen molar-refractivity contribution in [3.05, 3.63) is 11.7 Å². The average molecular weight is 253 g/mol. The Kier molecular flexibility index (Phi) is 3.38.